The number of rotatable bonds is 6. The second-order valence-corrected chi connectivity index (χ2v) is 12.8. The predicted octanol–water partition coefficient (Wildman–Crippen LogP) is 5.27. The van der Waals surface area contributed by atoms with E-state index in [1.165, 1.54) is 17.0 Å². The monoisotopic (exact) mass is 548 g/mol. The first kappa shape index (κ1) is 27.2. The zero-order valence-corrected chi connectivity index (χ0v) is 22.0. The van der Waals surface area contributed by atoms with Crippen LogP contribution in [0.1, 0.15) is 74.5 Å². The second-order valence-electron chi connectivity index (χ2n) is 10.4. The largest absolute Gasteiger partial charge is 0.598 e. The maximum Gasteiger partial charge on any atom is 0.433 e. The van der Waals surface area contributed by atoms with Crippen LogP contribution in [0.25, 0.3) is 0 Å². The molecular formula is C24H29ClF4N4O2S. The number of halogens is 5. The van der Waals surface area contributed by atoms with E-state index in [9.17, 15) is 26.9 Å². The number of aryl methyl sites for hydroxylation is 1. The molecule has 1 N–H and O–H groups in total. The molecule has 2 aromatic rings. The standard InChI is InChI=1S/C24H29ClF4N4O2S/c1-13-9-15(26)10-16(21(13)25)22-17(31-36(35)23(2,3)4)7-8-32(22)20(34)12-33-19(24(27,28)29)11-18(30-33)14-5-6-14/h9-11,14,17,22,31H,5-8,12H2,1-4H3/t17-,22-,36-/m1/s1. The van der Waals surface area contributed by atoms with Crippen LogP contribution in [-0.2, 0) is 28.9 Å². The highest BCUT2D eigenvalue weighted by Gasteiger charge is 2.44. The number of hydrogen-bond donors (Lipinski definition) is 1. The fraction of sp³-hybridized carbons (Fsp3) is 0.583. The molecule has 1 aromatic carbocycles. The van der Waals surface area contributed by atoms with Crippen molar-refractivity contribution in [3.05, 3.63) is 51.6 Å². The van der Waals surface area contributed by atoms with Gasteiger partial charge in [0.25, 0.3) is 0 Å². The SMILES string of the molecule is Cc1cc(F)cc([C@@H]2[C@H](N[S@+]([O-])C(C)(C)C)CCN2C(=O)Cn2nc(C3CC3)cc2C(F)(F)F)c1Cl. The number of carbonyl (C=O) groups is 1. The van der Waals surface area contributed by atoms with Gasteiger partial charge < -0.3 is 9.45 Å². The highest BCUT2D eigenvalue weighted by Crippen LogP contribution is 2.42. The average Bonchev–Trinajstić information content (AvgIpc) is 3.38. The third-order valence-electron chi connectivity index (χ3n) is 6.47. The molecule has 4 rings (SSSR count). The molecule has 2 fully saturated rings. The first-order valence-corrected chi connectivity index (χ1v) is 13.3. The molecule has 0 spiro atoms. The molecule has 3 atom stereocenters. The molecule has 1 amide bonds. The summed E-state index contributed by atoms with van der Waals surface area (Å²) in [6.07, 6.45) is -2.76. The third-order valence-corrected chi connectivity index (χ3v) is 8.61. The van der Waals surface area contributed by atoms with Crippen molar-refractivity contribution in [3.8, 4) is 0 Å². The summed E-state index contributed by atoms with van der Waals surface area (Å²) in [4.78, 5) is 14.8. The number of aromatic nitrogens is 2. The van der Waals surface area contributed by atoms with Gasteiger partial charge in [0.05, 0.1) is 17.8 Å². The fourth-order valence-electron chi connectivity index (χ4n) is 4.44. The fourth-order valence-corrected chi connectivity index (χ4v) is 5.54. The molecule has 1 saturated carbocycles. The molecule has 1 aliphatic carbocycles. The molecular weight excluding hydrogens is 520 g/mol. The quantitative estimate of drug-likeness (QED) is 0.394. The Bertz CT molecular complexity index is 1150. The molecule has 198 valence electrons. The van der Waals surface area contributed by atoms with Crippen molar-refractivity contribution in [1.29, 1.82) is 0 Å². The molecule has 36 heavy (non-hydrogen) atoms. The number of carbonyl (C=O) groups excluding carboxylic acids is 1. The highest BCUT2D eigenvalue weighted by molar-refractivity contribution is 7.90. The van der Waals surface area contributed by atoms with Gasteiger partial charge in [-0.15, -0.1) is 4.72 Å². The summed E-state index contributed by atoms with van der Waals surface area (Å²) in [5.41, 5.74) is 0.134. The van der Waals surface area contributed by atoms with Gasteiger partial charge in [-0.3, -0.25) is 9.48 Å². The van der Waals surface area contributed by atoms with Crippen LogP contribution in [0.3, 0.4) is 0 Å². The number of alkyl halides is 3. The Morgan fingerprint density at radius 1 is 1.22 bits per heavy atom. The van der Waals surface area contributed by atoms with E-state index in [1.807, 2.05) is 0 Å². The number of amides is 1. The molecule has 0 radical (unpaired) electrons. The van der Waals surface area contributed by atoms with E-state index < -0.39 is 58.3 Å². The van der Waals surface area contributed by atoms with Crippen LogP contribution in [-0.4, -0.2) is 42.5 Å². The summed E-state index contributed by atoms with van der Waals surface area (Å²) in [7, 11) is 0. The summed E-state index contributed by atoms with van der Waals surface area (Å²) < 4.78 is 71.5. The van der Waals surface area contributed by atoms with Gasteiger partial charge in [0.1, 0.15) is 22.8 Å². The van der Waals surface area contributed by atoms with Gasteiger partial charge in [-0.2, -0.15) is 18.3 Å². The van der Waals surface area contributed by atoms with Crippen LogP contribution in [0.5, 0.6) is 0 Å². The first-order chi connectivity index (χ1) is 16.7. The van der Waals surface area contributed by atoms with Crippen LogP contribution in [0.4, 0.5) is 17.6 Å². The van der Waals surface area contributed by atoms with Crippen molar-refractivity contribution in [2.24, 2.45) is 0 Å². The molecule has 12 heteroatoms. The number of benzene rings is 1. The van der Waals surface area contributed by atoms with Crippen molar-refractivity contribution in [2.75, 3.05) is 6.54 Å². The Labute approximate surface area is 215 Å². The van der Waals surface area contributed by atoms with Crippen molar-refractivity contribution < 1.29 is 26.9 Å². The topological polar surface area (TPSA) is 73.2 Å². The van der Waals surface area contributed by atoms with Gasteiger partial charge >= 0.3 is 6.18 Å². The molecule has 0 bridgehead atoms. The maximum atomic E-state index is 14.4. The average molecular weight is 549 g/mol. The van der Waals surface area contributed by atoms with E-state index in [1.54, 1.807) is 27.7 Å². The molecule has 0 unspecified atom stereocenters. The normalized spacial score (nSPS) is 21.8. The molecule has 1 aromatic heterocycles. The van der Waals surface area contributed by atoms with Crippen molar-refractivity contribution in [2.45, 2.75) is 82.4 Å². The summed E-state index contributed by atoms with van der Waals surface area (Å²) in [5.74, 6) is -1.18. The minimum atomic E-state index is -4.67. The van der Waals surface area contributed by atoms with Crippen LogP contribution in [0, 0.1) is 12.7 Å². The van der Waals surface area contributed by atoms with Crippen molar-refractivity contribution >= 4 is 28.9 Å². The molecule has 1 aliphatic heterocycles. The van der Waals surface area contributed by atoms with Crippen molar-refractivity contribution in [1.82, 2.24) is 19.4 Å². The predicted molar refractivity (Wildman–Crippen MR) is 129 cm³/mol. The van der Waals surface area contributed by atoms with Gasteiger partial charge in [0.15, 0.2) is 0 Å². The van der Waals surface area contributed by atoms with Crippen LogP contribution < -0.4 is 4.72 Å². The molecule has 2 aliphatic rings. The smallest absolute Gasteiger partial charge is 0.433 e. The van der Waals surface area contributed by atoms with E-state index >= 15 is 0 Å². The van der Waals surface area contributed by atoms with E-state index in [-0.39, 0.29) is 17.5 Å². The summed E-state index contributed by atoms with van der Waals surface area (Å²) in [6.45, 7) is 6.54. The number of hydrogen-bond acceptors (Lipinski definition) is 4. The van der Waals surface area contributed by atoms with Gasteiger partial charge in [-0.1, -0.05) is 11.6 Å². The highest BCUT2D eigenvalue weighted by atomic mass is 35.5. The van der Waals surface area contributed by atoms with Gasteiger partial charge in [-0.05, 0) is 76.3 Å². The maximum absolute atomic E-state index is 14.4. The first-order valence-electron chi connectivity index (χ1n) is 11.7. The Hall–Kier alpha value is -1.82. The summed E-state index contributed by atoms with van der Waals surface area (Å²) in [5, 5.41) is 4.34. The Balaban J connectivity index is 1.67. The van der Waals surface area contributed by atoms with Crippen molar-refractivity contribution in [3.63, 3.8) is 0 Å². The van der Waals surface area contributed by atoms with Gasteiger partial charge in [0.2, 0.25) is 5.91 Å². The second kappa shape index (κ2) is 9.81. The van der Waals surface area contributed by atoms with Crippen LogP contribution in [0.15, 0.2) is 18.2 Å². The third kappa shape index (κ3) is 5.69. The number of nitrogens with one attached hydrogen (secondary N) is 1. The van der Waals surface area contributed by atoms with E-state index in [0.717, 1.165) is 18.9 Å². The zero-order chi connectivity index (χ0) is 26.6. The van der Waals surface area contributed by atoms with Crippen LogP contribution >= 0.6 is 11.6 Å². The summed E-state index contributed by atoms with van der Waals surface area (Å²) >= 11 is 5.02. The van der Waals surface area contributed by atoms with Crippen LogP contribution in [0.2, 0.25) is 5.02 Å². The Morgan fingerprint density at radius 2 is 1.89 bits per heavy atom. The van der Waals surface area contributed by atoms with Gasteiger partial charge in [-0.25, -0.2) is 4.39 Å². The molecule has 6 nitrogen and oxygen atoms in total. The minimum Gasteiger partial charge on any atom is -0.598 e. The zero-order valence-electron chi connectivity index (χ0n) is 20.5. The summed E-state index contributed by atoms with van der Waals surface area (Å²) in [6, 6.07) is 2.13. The molecule has 1 saturated heterocycles. The van der Waals surface area contributed by atoms with Gasteiger partial charge in [0, 0.05) is 28.8 Å². The number of nitrogens with zero attached hydrogens (tertiary/aromatic N) is 3. The van der Waals surface area contributed by atoms with E-state index in [2.05, 4.69) is 9.82 Å². The lowest BCUT2D eigenvalue weighted by molar-refractivity contribution is -0.146. The number of likely N-dealkylation sites (tertiary alicyclic amines) is 1. The lowest BCUT2D eigenvalue weighted by Crippen LogP contribution is -2.47. The lowest BCUT2D eigenvalue weighted by Gasteiger charge is -2.32. The minimum absolute atomic E-state index is 0.0166. The Morgan fingerprint density at radius 3 is 2.47 bits per heavy atom. The Kier molecular flexibility index (Phi) is 7.42. The lowest BCUT2D eigenvalue weighted by atomic mass is 9.98. The van der Waals surface area contributed by atoms with E-state index in [0.29, 0.717) is 27.9 Å². The van der Waals surface area contributed by atoms with E-state index in [4.69, 9.17) is 11.6 Å². The molecule has 2 heterocycles.